The van der Waals surface area contributed by atoms with Gasteiger partial charge in [-0.25, -0.2) is 0 Å². The first-order valence-corrected chi connectivity index (χ1v) is 7.30. The van der Waals surface area contributed by atoms with Crippen molar-refractivity contribution in [3.63, 3.8) is 0 Å². The Kier molecular flexibility index (Phi) is 3.60. The minimum atomic E-state index is 0.274. The Hall–Kier alpha value is -1.29. The van der Waals surface area contributed by atoms with Crippen LogP contribution in [0, 0.1) is 6.92 Å². The monoisotopic (exact) mass is 262 g/mol. The van der Waals surface area contributed by atoms with Crippen LogP contribution in [0.15, 0.2) is 16.5 Å². The zero-order chi connectivity index (χ0) is 13.2. The molecule has 2 aliphatic rings. The lowest BCUT2D eigenvalue weighted by molar-refractivity contribution is -0.133. The summed E-state index contributed by atoms with van der Waals surface area (Å²) in [5.74, 6) is 2.09. The van der Waals surface area contributed by atoms with Gasteiger partial charge in [0.15, 0.2) is 0 Å². The molecule has 1 N–H and O–H groups in total. The molecule has 1 aliphatic heterocycles. The number of carbonyl (C=O) groups excluding carboxylic acids is 1. The Morgan fingerprint density at radius 2 is 2.26 bits per heavy atom. The van der Waals surface area contributed by atoms with Crippen LogP contribution in [0.2, 0.25) is 0 Å². The second-order valence-corrected chi connectivity index (χ2v) is 5.76. The fourth-order valence-electron chi connectivity index (χ4n) is 2.80. The summed E-state index contributed by atoms with van der Waals surface area (Å²) < 4.78 is 5.60. The van der Waals surface area contributed by atoms with Crippen LogP contribution < -0.4 is 5.32 Å². The zero-order valence-corrected chi connectivity index (χ0v) is 11.5. The Balaban J connectivity index is 1.61. The summed E-state index contributed by atoms with van der Waals surface area (Å²) in [5, 5.41) is 3.40. The van der Waals surface area contributed by atoms with Crippen molar-refractivity contribution in [2.24, 2.45) is 0 Å². The van der Waals surface area contributed by atoms with Crippen molar-refractivity contribution < 1.29 is 9.21 Å². The molecule has 0 aromatic carbocycles. The van der Waals surface area contributed by atoms with E-state index < -0.39 is 0 Å². The lowest BCUT2D eigenvalue weighted by Gasteiger charge is -2.23. The van der Waals surface area contributed by atoms with Gasteiger partial charge in [0.1, 0.15) is 11.5 Å². The molecule has 0 spiro atoms. The van der Waals surface area contributed by atoms with Gasteiger partial charge in [0.05, 0.1) is 6.54 Å². The van der Waals surface area contributed by atoms with E-state index in [2.05, 4.69) is 5.32 Å². The molecule has 1 aliphatic carbocycles. The third-order valence-electron chi connectivity index (χ3n) is 4.01. The maximum Gasteiger partial charge on any atom is 0.224 e. The highest BCUT2D eigenvalue weighted by atomic mass is 16.3. The Morgan fingerprint density at radius 1 is 1.42 bits per heavy atom. The molecule has 19 heavy (non-hydrogen) atoms. The standard InChI is InChI=1S/C15H22N2O2/c1-11-4-7-14(19-11)10-17(13-5-6-13)15(18)9-12-3-2-8-16-12/h4,7,12-13,16H,2-3,5-6,8-10H2,1H3. The van der Waals surface area contributed by atoms with Crippen LogP contribution in [0.25, 0.3) is 0 Å². The highest BCUT2D eigenvalue weighted by Gasteiger charge is 2.34. The first-order valence-electron chi connectivity index (χ1n) is 7.30. The van der Waals surface area contributed by atoms with Crippen molar-refractivity contribution in [3.05, 3.63) is 23.7 Å². The molecule has 104 valence electrons. The van der Waals surface area contributed by atoms with Gasteiger partial charge < -0.3 is 14.6 Å². The highest BCUT2D eigenvalue weighted by Crippen LogP contribution is 2.29. The van der Waals surface area contributed by atoms with Gasteiger partial charge in [0.25, 0.3) is 0 Å². The number of carbonyl (C=O) groups is 1. The molecule has 1 amide bonds. The second kappa shape index (κ2) is 5.37. The third-order valence-corrected chi connectivity index (χ3v) is 4.01. The minimum absolute atomic E-state index is 0.274. The van der Waals surface area contributed by atoms with Crippen molar-refractivity contribution in [2.75, 3.05) is 6.54 Å². The Morgan fingerprint density at radius 3 is 2.84 bits per heavy atom. The average Bonchev–Trinajstić information content (AvgIpc) is 2.94. The van der Waals surface area contributed by atoms with Crippen LogP contribution >= 0.6 is 0 Å². The first kappa shape index (κ1) is 12.7. The number of furan rings is 1. The molecular formula is C15H22N2O2. The number of rotatable bonds is 5. The summed E-state index contributed by atoms with van der Waals surface area (Å²) in [6.45, 7) is 3.62. The van der Waals surface area contributed by atoms with E-state index in [-0.39, 0.29) is 5.91 Å². The molecule has 1 saturated carbocycles. The van der Waals surface area contributed by atoms with Gasteiger partial charge in [-0.15, -0.1) is 0 Å². The van der Waals surface area contributed by atoms with Gasteiger partial charge >= 0.3 is 0 Å². The number of nitrogens with zero attached hydrogens (tertiary/aromatic N) is 1. The second-order valence-electron chi connectivity index (χ2n) is 5.76. The van der Waals surface area contributed by atoms with Crippen LogP contribution in [-0.4, -0.2) is 29.4 Å². The van der Waals surface area contributed by atoms with Crippen LogP contribution in [0.3, 0.4) is 0 Å². The van der Waals surface area contributed by atoms with Gasteiger partial charge in [0, 0.05) is 18.5 Å². The van der Waals surface area contributed by atoms with Crippen molar-refractivity contribution in [1.82, 2.24) is 10.2 Å². The summed E-state index contributed by atoms with van der Waals surface area (Å²) in [7, 11) is 0. The predicted octanol–water partition coefficient (Wildman–Crippen LogP) is 2.22. The maximum atomic E-state index is 12.4. The molecule has 0 radical (unpaired) electrons. The van der Waals surface area contributed by atoms with E-state index in [1.807, 2.05) is 24.0 Å². The number of aryl methyl sites for hydroxylation is 1. The van der Waals surface area contributed by atoms with Crippen molar-refractivity contribution in [1.29, 1.82) is 0 Å². The minimum Gasteiger partial charge on any atom is -0.464 e. The Bertz CT molecular complexity index is 445. The highest BCUT2D eigenvalue weighted by molar-refractivity contribution is 5.77. The smallest absolute Gasteiger partial charge is 0.224 e. The number of amides is 1. The molecule has 1 saturated heterocycles. The lowest BCUT2D eigenvalue weighted by Crippen LogP contribution is -2.36. The molecule has 1 atom stereocenters. The molecular weight excluding hydrogens is 240 g/mol. The van der Waals surface area contributed by atoms with Gasteiger partial charge in [-0.1, -0.05) is 0 Å². The van der Waals surface area contributed by atoms with Crippen LogP contribution in [0.5, 0.6) is 0 Å². The summed E-state index contributed by atoms with van der Waals surface area (Å²) in [4.78, 5) is 14.4. The largest absolute Gasteiger partial charge is 0.464 e. The van der Waals surface area contributed by atoms with Crippen LogP contribution in [0.1, 0.15) is 43.6 Å². The SMILES string of the molecule is Cc1ccc(CN(C(=O)CC2CCCN2)C2CC2)o1. The van der Waals surface area contributed by atoms with E-state index in [1.54, 1.807) is 0 Å². The summed E-state index contributed by atoms with van der Waals surface area (Å²) in [6, 6.07) is 4.77. The molecule has 3 rings (SSSR count). The summed E-state index contributed by atoms with van der Waals surface area (Å²) in [6.07, 6.45) is 5.24. The molecule has 1 unspecified atom stereocenters. The first-order chi connectivity index (χ1) is 9.22. The third kappa shape index (κ3) is 3.18. The fraction of sp³-hybridized carbons (Fsp3) is 0.667. The molecule has 2 heterocycles. The van der Waals surface area contributed by atoms with E-state index >= 15 is 0 Å². The van der Waals surface area contributed by atoms with Gasteiger partial charge in [0.2, 0.25) is 5.91 Å². The van der Waals surface area contributed by atoms with Crippen molar-refractivity contribution in [3.8, 4) is 0 Å². The predicted molar refractivity (Wildman–Crippen MR) is 72.7 cm³/mol. The number of hydrogen-bond donors (Lipinski definition) is 1. The normalized spacial score (nSPS) is 22.7. The van der Waals surface area contributed by atoms with Gasteiger partial charge in [-0.05, 0) is 51.3 Å². The molecule has 2 fully saturated rings. The molecule has 4 heteroatoms. The lowest BCUT2D eigenvalue weighted by atomic mass is 10.1. The molecule has 0 bridgehead atoms. The van der Waals surface area contributed by atoms with Crippen LogP contribution in [0.4, 0.5) is 0 Å². The summed E-state index contributed by atoms with van der Waals surface area (Å²) in [5.41, 5.74) is 0. The van der Waals surface area contributed by atoms with E-state index in [4.69, 9.17) is 4.42 Å². The Labute approximate surface area is 114 Å². The van der Waals surface area contributed by atoms with E-state index in [9.17, 15) is 4.79 Å². The number of hydrogen-bond acceptors (Lipinski definition) is 3. The topological polar surface area (TPSA) is 45.5 Å². The molecule has 4 nitrogen and oxygen atoms in total. The molecule has 1 aromatic heterocycles. The maximum absolute atomic E-state index is 12.4. The number of nitrogens with one attached hydrogen (secondary N) is 1. The quantitative estimate of drug-likeness (QED) is 0.885. The van der Waals surface area contributed by atoms with Crippen molar-refractivity contribution >= 4 is 5.91 Å². The van der Waals surface area contributed by atoms with E-state index in [0.29, 0.717) is 25.0 Å². The average molecular weight is 262 g/mol. The van der Waals surface area contributed by atoms with Gasteiger partial charge in [-0.2, -0.15) is 0 Å². The van der Waals surface area contributed by atoms with Gasteiger partial charge in [-0.3, -0.25) is 4.79 Å². The summed E-state index contributed by atoms with van der Waals surface area (Å²) >= 11 is 0. The van der Waals surface area contributed by atoms with E-state index in [1.165, 1.54) is 6.42 Å². The fourth-order valence-corrected chi connectivity index (χ4v) is 2.80. The molecule has 1 aromatic rings. The zero-order valence-electron chi connectivity index (χ0n) is 11.5. The van der Waals surface area contributed by atoms with Crippen LogP contribution in [-0.2, 0) is 11.3 Å². The van der Waals surface area contributed by atoms with Crippen molar-refractivity contribution in [2.45, 2.75) is 57.7 Å². The van der Waals surface area contributed by atoms with E-state index in [0.717, 1.165) is 37.3 Å².